The number of fused-ring (bicyclic) bond motifs is 1. The largest absolute Gasteiger partial charge is 0.480 e. The molecule has 19 heavy (non-hydrogen) atoms. The quantitative estimate of drug-likeness (QED) is 0.900. The molecular weight excluding hydrogens is 291 g/mol. The Morgan fingerprint density at radius 1 is 1.47 bits per heavy atom. The summed E-state index contributed by atoms with van der Waals surface area (Å²) in [5, 5.41) is 12.8. The topological polar surface area (TPSA) is 69.6 Å². The van der Waals surface area contributed by atoms with E-state index in [1.54, 1.807) is 13.0 Å². The Bertz CT molecular complexity index is 548. The van der Waals surface area contributed by atoms with E-state index in [0.29, 0.717) is 22.8 Å². The standard InChI is InChI=1S/C12H12Cl2N2O3/c1-2-9(12(18)19)16-10-4-7(14)6(13)3-8(10)15-5-11(16)17/h3-4,9,15H,2,5H2,1H3,(H,18,19). The number of carbonyl (C=O) groups excluding carboxylic acids is 1. The molecule has 0 aliphatic carbocycles. The van der Waals surface area contributed by atoms with Crippen molar-refractivity contribution in [2.75, 3.05) is 16.8 Å². The number of carboxylic acid groups (broad SMARTS) is 1. The molecule has 1 aliphatic heterocycles. The number of nitrogens with one attached hydrogen (secondary N) is 1. The van der Waals surface area contributed by atoms with Crippen LogP contribution in [-0.2, 0) is 9.59 Å². The second-order valence-electron chi connectivity index (χ2n) is 4.16. The zero-order valence-corrected chi connectivity index (χ0v) is 11.6. The number of amides is 1. The van der Waals surface area contributed by atoms with E-state index in [2.05, 4.69) is 5.32 Å². The van der Waals surface area contributed by atoms with E-state index in [0.717, 1.165) is 0 Å². The van der Waals surface area contributed by atoms with Crippen LogP contribution in [0.2, 0.25) is 10.0 Å². The summed E-state index contributed by atoms with van der Waals surface area (Å²) < 4.78 is 0. The van der Waals surface area contributed by atoms with Gasteiger partial charge in [-0.2, -0.15) is 0 Å². The van der Waals surface area contributed by atoms with E-state index in [-0.39, 0.29) is 17.5 Å². The molecule has 1 atom stereocenters. The van der Waals surface area contributed by atoms with Crippen LogP contribution in [0.25, 0.3) is 0 Å². The third-order valence-electron chi connectivity index (χ3n) is 2.98. The molecule has 102 valence electrons. The predicted molar refractivity (Wildman–Crippen MR) is 74.2 cm³/mol. The normalized spacial score (nSPS) is 15.7. The van der Waals surface area contributed by atoms with Gasteiger partial charge in [-0.05, 0) is 18.6 Å². The number of benzene rings is 1. The van der Waals surface area contributed by atoms with Gasteiger partial charge in [-0.1, -0.05) is 30.1 Å². The average Bonchev–Trinajstić information content (AvgIpc) is 2.35. The fourth-order valence-corrected chi connectivity index (χ4v) is 2.40. The SMILES string of the molecule is CCC(C(=O)O)N1C(=O)CNc2cc(Cl)c(Cl)cc21. The maximum atomic E-state index is 12.0. The van der Waals surface area contributed by atoms with E-state index >= 15 is 0 Å². The van der Waals surface area contributed by atoms with Gasteiger partial charge in [-0.3, -0.25) is 9.69 Å². The third kappa shape index (κ3) is 2.48. The summed E-state index contributed by atoms with van der Waals surface area (Å²) in [6.07, 6.45) is 0.306. The van der Waals surface area contributed by atoms with Crippen LogP contribution in [0.15, 0.2) is 12.1 Å². The Morgan fingerprint density at radius 2 is 2.11 bits per heavy atom. The highest BCUT2D eigenvalue weighted by Crippen LogP contribution is 2.38. The summed E-state index contributed by atoms with van der Waals surface area (Å²) in [6.45, 7) is 1.75. The summed E-state index contributed by atoms with van der Waals surface area (Å²) >= 11 is 11.9. The Balaban J connectivity index is 2.54. The number of aliphatic carboxylic acids is 1. The summed E-state index contributed by atoms with van der Waals surface area (Å²) in [4.78, 5) is 24.5. The number of rotatable bonds is 3. The molecule has 0 aromatic heterocycles. The Labute approximate surface area is 120 Å². The maximum Gasteiger partial charge on any atom is 0.326 e. The van der Waals surface area contributed by atoms with E-state index in [1.807, 2.05) is 0 Å². The molecular formula is C12H12Cl2N2O3. The first-order valence-corrected chi connectivity index (χ1v) is 6.49. The van der Waals surface area contributed by atoms with Crippen LogP contribution < -0.4 is 10.2 Å². The van der Waals surface area contributed by atoms with Crippen molar-refractivity contribution < 1.29 is 14.7 Å². The molecule has 0 saturated heterocycles. The zero-order chi connectivity index (χ0) is 14.2. The number of hydrogen-bond donors (Lipinski definition) is 2. The van der Waals surface area contributed by atoms with Gasteiger partial charge in [0.1, 0.15) is 6.04 Å². The molecule has 0 spiro atoms. The van der Waals surface area contributed by atoms with Crippen LogP contribution in [-0.4, -0.2) is 29.6 Å². The molecule has 1 aliphatic rings. The molecule has 5 nitrogen and oxygen atoms in total. The fraction of sp³-hybridized carbons (Fsp3) is 0.333. The van der Waals surface area contributed by atoms with Gasteiger partial charge in [-0.15, -0.1) is 0 Å². The summed E-state index contributed by atoms with van der Waals surface area (Å²) in [5.41, 5.74) is 1.05. The molecule has 2 rings (SSSR count). The molecule has 1 amide bonds. The highest BCUT2D eigenvalue weighted by molar-refractivity contribution is 6.42. The van der Waals surface area contributed by atoms with Crippen molar-refractivity contribution in [2.45, 2.75) is 19.4 Å². The molecule has 0 bridgehead atoms. The third-order valence-corrected chi connectivity index (χ3v) is 3.70. The Kier molecular flexibility index (Phi) is 3.87. The summed E-state index contributed by atoms with van der Waals surface area (Å²) in [6, 6.07) is 2.19. The van der Waals surface area contributed by atoms with Gasteiger partial charge in [0.25, 0.3) is 0 Å². The first kappa shape index (κ1) is 14.0. The molecule has 0 radical (unpaired) electrons. The second kappa shape index (κ2) is 5.27. The van der Waals surface area contributed by atoms with Crippen LogP contribution in [0.1, 0.15) is 13.3 Å². The molecule has 0 saturated carbocycles. The van der Waals surface area contributed by atoms with Gasteiger partial charge >= 0.3 is 5.97 Å². The summed E-state index contributed by atoms with van der Waals surface area (Å²) in [5.74, 6) is -1.35. The second-order valence-corrected chi connectivity index (χ2v) is 4.98. The lowest BCUT2D eigenvalue weighted by Gasteiger charge is -2.34. The zero-order valence-electron chi connectivity index (χ0n) is 10.1. The molecule has 1 unspecified atom stereocenters. The van der Waals surface area contributed by atoms with E-state index in [4.69, 9.17) is 23.2 Å². The van der Waals surface area contributed by atoms with Gasteiger partial charge in [0.05, 0.1) is 28.0 Å². The van der Waals surface area contributed by atoms with Crippen molar-refractivity contribution in [3.05, 3.63) is 22.2 Å². The molecule has 1 aromatic rings. The van der Waals surface area contributed by atoms with Crippen LogP contribution in [0.5, 0.6) is 0 Å². The summed E-state index contributed by atoms with van der Waals surface area (Å²) in [7, 11) is 0. The van der Waals surface area contributed by atoms with E-state index < -0.39 is 12.0 Å². The van der Waals surface area contributed by atoms with Gasteiger partial charge in [0.2, 0.25) is 5.91 Å². The van der Waals surface area contributed by atoms with Crippen molar-refractivity contribution >= 4 is 46.5 Å². The maximum absolute atomic E-state index is 12.0. The smallest absolute Gasteiger partial charge is 0.326 e. The number of anilines is 2. The van der Waals surface area contributed by atoms with E-state index in [1.165, 1.54) is 11.0 Å². The molecule has 1 heterocycles. The van der Waals surface area contributed by atoms with Gasteiger partial charge in [-0.25, -0.2) is 4.79 Å². The Morgan fingerprint density at radius 3 is 2.68 bits per heavy atom. The van der Waals surface area contributed by atoms with Crippen molar-refractivity contribution in [3.8, 4) is 0 Å². The van der Waals surface area contributed by atoms with Crippen molar-refractivity contribution in [2.24, 2.45) is 0 Å². The van der Waals surface area contributed by atoms with Gasteiger partial charge in [0, 0.05) is 0 Å². The molecule has 1 aromatic carbocycles. The average molecular weight is 303 g/mol. The van der Waals surface area contributed by atoms with Crippen LogP contribution in [0.4, 0.5) is 11.4 Å². The van der Waals surface area contributed by atoms with Gasteiger partial charge < -0.3 is 10.4 Å². The molecule has 7 heteroatoms. The highest BCUT2D eigenvalue weighted by atomic mass is 35.5. The minimum absolute atomic E-state index is 0.0364. The number of carboxylic acids is 1. The Hall–Kier alpha value is -1.46. The lowest BCUT2D eigenvalue weighted by molar-refractivity contribution is -0.140. The first-order chi connectivity index (χ1) is 8.95. The van der Waals surface area contributed by atoms with Crippen molar-refractivity contribution in [3.63, 3.8) is 0 Å². The number of halogens is 2. The number of hydrogen-bond acceptors (Lipinski definition) is 3. The number of carbonyl (C=O) groups is 2. The lowest BCUT2D eigenvalue weighted by Crippen LogP contribution is -2.49. The molecule has 2 N–H and O–H groups in total. The van der Waals surface area contributed by atoms with Gasteiger partial charge in [0.15, 0.2) is 0 Å². The van der Waals surface area contributed by atoms with Crippen LogP contribution in [0.3, 0.4) is 0 Å². The minimum Gasteiger partial charge on any atom is -0.480 e. The fourth-order valence-electron chi connectivity index (χ4n) is 2.08. The van der Waals surface area contributed by atoms with Crippen molar-refractivity contribution in [1.29, 1.82) is 0 Å². The van der Waals surface area contributed by atoms with Crippen LogP contribution >= 0.6 is 23.2 Å². The van der Waals surface area contributed by atoms with Crippen molar-refractivity contribution in [1.82, 2.24) is 0 Å². The lowest BCUT2D eigenvalue weighted by atomic mass is 10.1. The molecule has 0 fully saturated rings. The monoisotopic (exact) mass is 302 g/mol. The minimum atomic E-state index is -1.05. The number of nitrogens with zero attached hydrogens (tertiary/aromatic N) is 1. The highest BCUT2D eigenvalue weighted by Gasteiger charge is 2.34. The van der Waals surface area contributed by atoms with Crippen LogP contribution in [0, 0.1) is 0 Å². The predicted octanol–water partition coefficient (Wildman–Crippen LogP) is 2.62. The van der Waals surface area contributed by atoms with E-state index in [9.17, 15) is 14.7 Å². The first-order valence-electron chi connectivity index (χ1n) is 5.73.